The number of pyridine rings is 1. The number of anilines is 1. The largest absolute Gasteiger partial charge is 0.496 e. The predicted octanol–water partition coefficient (Wildman–Crippen LogP) is 0.443. The molecule has 3 rings (SSSR count). The molecule has 0 aromatic carbocycles. The third-order valence-electron chi connectivity index (χ3n) is 5.22. The molecule has 1 aromatic heterocycles. The van der Waals surface area contributed by atoms with Crippen molar-refractivity contribution in [2.24, 2.45) is 0 Å². The minimum absolute atomic E-state index is 0.120. The van der Waals surface area contributed by atoms with E-state index in [-0.39, 0.29) is 4.90 Å². The molecule has 144 valence electrons. The molecule has 2 saturated heterocycles. The first-order valence-corrected chi connectivity index (χ1v) is 10.1. The van der Waals surface area contributed by atoms with Crippen molar-refractivity contribution in [3.05, 3.63) is 12.3 Å². The quantitative estimate of drug-likeness (QED) is 0.755. The summed E-state index contributed by atoms with van der Waals surface area (Å²) in [5.41, 5.74) is -0.444. The average Bonchev–Trinajstić information content (AvgIpc) is 2.83. The summed E-state index contributed by atoms with van der Waals surface area (Å²) < 4.78 is 44.9. The maximum Gasteiger partial charge on any atom is 0.496 e. The van der Waals surface area contributed by atoms with Gasteiger partial charge < -0.3 is 19.4 Å². The number of ether oxygens (including phenoxy) is 1. The molecular formula is C16H26BN3O5S. The summed E-state index contributed by atoms with van der Waals surface area (Å²) in [7, 11) is -2.72. The molecule has 0 atom stereocenters. The Morgan fingerprint density at radius 2 is 1.73 bits per heavy atom. The van der Waals surface area contributed by atoms with Crippen LogP contribution in [0, 0.1) is 0 Å². The number of nitrogens with one attached hydrogen (secondary N) is 1. The van der Waals surface area contributed by atoms with Gasteiger partial charge in [-0.05, 0) is 33.8 Å². The van der Waals surface area contributed by atoms with Gasteiger partial charge in [-0.1, -0.05) is 0 Å². The molecule has 0 aliphatic carbocycles. The lowest BCUT2D eigenvalue weighted by molar-refractivity contribution is 0.00578. The molecule has 10 heteroatoms. The highest BCUT2D eigenvalue weighted by Crippen LogP contribution is 2.36. The fourth-order valence-corrected chi connectivity index (χ4v) is 4.47. The first-order valence-electron chi connectivity index (χ1n) is 8.70. The molecule has 26 heavy (non-hydrogen) atoms. The lowest BCUT2D eigenvalue weighted by Crippen LogP contribution is -2.42. The van der Waals surface area contributed by atoms with E-state index in [9.17, 15) is 8.42 Å². The van der Waals surface area contributed by atoms with Crippen molar-refractivity contribution < 1.29 is 22.5 Å². The van der Waals surface area contributed by atoms with Crippen molar-refractivity contribution in [3.8, 4) is 0 Å². The van der Waals surface area contributed by atoms with Crippen LogP contribution in [0.3, 0.4) is 0 Å². The zero-order chi connectivity index (χ0) is 19.2. The fraction of sp³-hybridized carbons (Fsp3) is 0.688. The Hall–Kier alpha value is -1.20. The average molecular weight is 383 g/mol. The molecule has 0 radical (unpaired) electrons. The SMILES string of the molecule is CNc1ncc(B2OC(C)(C)C(C)(C)O2)cc1S(=O)(=O)N1CCOCC1. The number of sulfonamides is 1. The van der Waals surface area contributed by atoms with Gasteiger partial charge in [-0.15, -0.1) is 0 Å². The van der Waals surface area contributed by atoms with Crippen LogP contribution in [0.1, 0.15) is 27.7 Å². The van der Waals surface area contributed by atoms with Crippen LogP contribution in [0.2, 0.25) is 0 Å². The van der Waals surface area contributed by atoms with Gasteiger partial charge in [0.25, 0.3) is 0 Å². The Labute approximate surface area is 155 Å². The van der Waals surface area contributed by atoms with Crippen LogP contribution in [0.25, 0.3) is 0 Å². The van der Waals surface area contributed by atoms with Crippen LogP contribution in [0.4, 0.5) is 5.82 Å². The Balaban J connectivity index is 1.98. The Morgan fingerprint density at radius 1 is 1.15 bits per heavy atom. The van der Waals surface area contributed by atoms with Gasteiger partial charge in [-0.2, -0.15) is 4.31 Å². The fourth-order valence-electron chi connectivity index (χ4n) is 2.88. The third kappa shape index (κ3) is 3.36. The minimum Gasteiger partial charge on any atom is -0.399 e. The maximum atomic E-state index is 13.1. The summed E-state index contributed by atoms with van der Waals surface area (Å²) in [5.74, 6) is 0.303. The van der Waals surface area contributed by atoms with E-state index in [4.69, 9.17) is 14.0 Å². The molecule has 0 bridgehead atoms. The van der Waals surface area contributed by atoms with E-state index in [1.165, 1.54) is 4.31 Å². The van der Waals surface area contributed by atoms with Crippen molar-refractivity contribution in [1.29, 1.82) is 0 Å². The number of hydrogen-bond donors (Lipinski definition) is 1. The summed E-state index contributed by atoms with van der Waals surface area (Å²) in [6.07, 6.45) is 1.59. The second kappa shape index (κ2) is 6.76. The van der Waals surface area contributed by atoms with E-state index >= 15 is 0 Å². The highest BCUT2D eigenvalue weighted by Gasteiger charge is 2.52. The molecule has 2 aliphatic rings. The van der Waals surface area contributed by atoms with Crippen molar-refractivity contribution in [2.75, 3.05) is 38.7 Å². The highest BCUT2D eigenvalue weighted by molar-refractivity contribution is 7.89. The van der Waals surface area contributed by atoms with E-state index < -0.39 is 28.3 Å². The van der Waals surface area contributed by atoms with Crippen LogP contribution in [-0.2, 0) is 24.1 Å². The van der Waals surface area contributed by atoms with E-state index in [0.29, 0.717) is 37.6 Å². The monoisotopic (exact) mass is 383 g/mol. The van der Waals surface area contributed by atoms with Gasteiger partial charge in [0.2, 0.25) is 10.0 Å². The van der Waals surface area contributed by atoms with Crippen molar-refractivity contribution in [3.63, 3.8) is 0 Å². The molecule has 3 heterocycles. The zero-order valence-corrected chi connectivity index (χ0v) is 16.7. The van der Waals surface area contributed by atoms with Gasteiger partial charge in [0.15, 0.2) is 0 Å². The molecule has 1 aromatic rings. The summed E-state index contributed by atoms with van der Waals surface area (Å²) in [5, 5.41) is 2.86. The molecule has 0 amide bonds. The van der Waals surface area contributed by atoms with Crippen molar-refractivity contribution in [2.45, 2.75) is 43.8 Å². The van der Waals surface area contributed by atoms with Gasteiger partial charge in [0.1, 0.15) is 10.7 Å². The molecule has 0 unspecified atom stereocenters. The smallest absolute Gasteiger partial charge is 0.399 e. The van der Waals surface area contributed by atoms with E-state index in [1.54, 1.807) is 19.3 Å². The van der Waals surface area contributed by atoms with Crippen LogP contribution in [0.5, 0.6) is 0 Å². The summed E-state index contributed by atoms with van der Waals surface area (Å²) >= 11 is 0. The van der Waals surface area contributed by atoms with Crippen LogP contribution >= 0.6 is 0 Å². The lowest BCUT2D eigenvalue weighted by atomic mass is 9.80. The summed E-state index contributed by atoms with van der Waals surface area (Å²) in [6, 6.07) is 1.59. The normalized spacial score (nSPS) is 23.2. The standard InChI is InChI=1S/C16H26BN3O5S/c1-15(2)16(3,4)25-17(24-15)12-10-13(14(18-5)19-11-12)26(21,22)20-6-8-23-9-7-20/h10-11H,6-9H2,1-5H3,(H,18,19). The van der Waals surface area contributed by atoms with Gasteiger partial charge >= 0.3 is 7.12 Å². The van der Waals surface area contributed by atoms with Crippen LogP contribution < -0.4 is 10.8 Å². The molecule has 0 spiro atoms. The van der Waals surface area contributed by atoms with Gasteiger partial charge in [0.05, 0.1) is 24.4 Å². The Kier molecular flexibility index (Phi) is 5.08. The number of morpholine rings is 1. The number of aromatic nitrogens is 1. The molecular weight excluding hydrogens is 357 g/mol. The minimum atomic E-state index is -3.70. The van der Waals surface area contributed by atoms with Gasteiger partial charge in [0, 0.05) is 31.8 Å². The van der Waals surface area contributed by atoms with E-state index in [1.807, 2.05) is 27.7 Å². The first kappa shape index (κ1) is 19.6. The van der Waals surface area contributed by atoms with Gasteiger partial charge in [-0.3, -0.25) is 0 Å². The Bertz CT molecular complexity index is 762. The number of hydrogen-bond acceptors (Lipinski definition) is 7. The Morgan fingerprint density at radius 3 is 2.27 bits per heavy atom. The first-order chi connectivity index (χ1) is 12.1. The topological polar surface area (TPSA) is 90.0 Å². The molecule has 8 nitrogen and oxygen atoms in total. The molecule has 1 N–H and O–H groups in total. The molecule has 2 aliphatic heterocycles. The number of nitrogens with zero attached hydrogens (tertiary/aromatic N) is 2. The van der Waals surface area contributed by atoms with Crippen LogP contribution in [-0.4, -0.2) is 69.4 Å². The summed E-state index contributed by atoms with van der Waals surface area (Å²) in [6.45, 7) is 9.23. The zero-order valence-electron chi connectivity index (χ0n) is 15.9. The predicted molar refractivity (Wildman–Crippen MR) is 99.1 cm³/mol. The maximum absolute atomic E-state index is 13.1. The molecule has 2 fully saturated rings. The van der Waals surface area contributed by atoms with Gasteiger partial charge in [-0.25, -0.2) is 13.4 Å². The lowest BCUT2D eigenvalue weighted by Gasteiger charge is -2.32. The van der Waals surface area contributed by atoms with Crippen molar-refractivity contribution >= 4 is 28.4 Å². The van der Waals surface area contributed by atoms with Crippen LogP contribution in [0.15, 0.2) is 17.2 Å². The third-order valence-corrected chi connectivity index (χ3v) is 7.14. The van der Waals surface area contributed by atoms with Crippen molar-refractivity contribution in [1.82, 2.24) is 9.29 Å². The second-order valence-electron chi connectivity index (χ2n) is 7.47. The van der Waals surface area contributed by atoms with E-state index in [0.717, 1.165) is 0 Å². The summed E-state index contributed by atoms with van der Waals surface area (Å²) in [4.78, 5) is 4.41. The van der Waals surface area contributed by atoms with E-state index in [2.05, 4.69) is 10.3 Å². The molecule has 0 saturated carbocycles. The second-order valence-corrected chi connectivity index (χ2v) is 9.38. The number of rotatable bonds is 4. The highest BCUT2D eigenvalue weighted by atomic mass is 32.2.